The van der Waals surface area contributed by atoms with Gasteiger partial charge in [-0.1, -0.05) is 20.8 Å². The van der Waals surface area contributed by atoms with Gasteiger partial charge >= 0.3 is 6.03 Å². The Balaban J connectivity index is 2.21. The van der Waals surface area contributed by atoms with E-state index in [9.17, 15) is 14.4 Å². The van der Waals surface area contributed by atoms with Gasteiger partial charge in [0.25, 0.3) is 0 Å². The highest BCUT2D eigenvalue weighted by Crippen LogP contribution is 2.38. The van der Waals surface area contributed by atoms with Crippen molar-refractivity contribution in [1.29, 1.82) is 0 Å². The monoisotopic (exact) mass is 312 g/mol. The van der Waals surface area contributed by atoms with Gasteiger partial charge in [-0.25, -0.2) is 4.79 Å². The molecule has 1 saturated carbocycles. The van der Waals surface area contributed by atoms with Crippen molar-refractivity contribution in [3.63, 3.8) is 0 Å². The first-order valence-electron chi connectivity index (χ1n) is 7.80. The van der Waals surface area contributed by atoms with Gasteiger partial charge in [0.15, 0.2) is 0 Å². The molecule has 0 bridgehead atoms. The number of carbonyl (C=O) groups excluding carboxylic acids is 3. The van der Waals surface area contributed by atoms with E-state index in [1.165, 1.54) is 4.90 Å². The SMILES string of the molecule is CCSC1CCC(N2C(=O)NC(=O)C(CC)(CC)C2=O)C1. The van der Waals surface area contributed by atoms with Gasteiger partial charge in [-0.3, -0.25) is 19.8 Å². The van der Waals surface area contributed by atoms with Crippen LogP contribution in [0.1, 0.15) is 52.9 Å². The van der Waals surface area contributed by atoms with E-state index in [0.717, 1.165) is 25.0 Å². The van der Waals surface area contributed by atoms with Gasteiger partial charge in [-0.2, -0.15) is 11.8 Å². The number of hydrogen-bond donors (Lipinski definition) is 1. The summed E-state index contributed by atoms with van der Waals surface area (Å²) < 4.78 is 0. The molecule has 6 heteroatoms. The lowest BCUT2D eigenvalue weighted by Crippen LogP contribution is -2.65. The number of hydrogen-bond acceptors (Lipinski definition) is 4. The second kappa shape index (κ2) is 6.38. The quantitative estimate of drug-likeness (QED) is 0.792. The Hall–Kier alpha value is -1.04. The molecule has 2 atom stereocenters. The van der Waals surface area contributed by atoms with Gasteiger partial charge in [0.2, 0.25) is 11.8 Å². The minimum Gasteiger partial charge on any atom is -0.277 e. The molecule has 2 unspecified atom stereocenters. The lowest BCUT2D eigenvalue weighted by molar-refractivity contribution is -0.153. The molecule has 1 aliphatic heterocycles. The second-order valence-electron chi connectivity index (χ2n) is 5.77. The third-order valence-corrected chi connectivity index (χ3v) is 6.07. The third-order valence-electron chi connectivity index (χ3n) is 4.83. The molecule has 2 aliphatic rings. The van der Waals surface area contributed by atoms with Gasteiger partial charge in [-0.05, 0) is 37.9 Å². The lowest BCUT2D eigenvalue weighted by Gasteiger charge is -2.40. The molecule has 4 amide bonds. The maximum Gasteiger partial charge on any atom is 0.331 e. The minimum atomic E-state index is -1.07. The van der Waals surface area contributed by atoms with Crippen molar-refractivity contribution in [1.82, 2.24) is 10.2 Å². The molecule has 5 nitrogen and oxygen atoms in total. The molecular weight excluding hydrogens is 288 g/mol. The van der Waals surface area contributed by atoms with Crippen LogP contribution >= 0.6 is 11.8 Å². The average Bonchev–Trinajstić information content (AvgIpc) is 2.89. The van der Waals surface area contributed by atoms with Gasteiger partial charge in [0.1, 0.15) is 5.41 Å². The zero-order chi connectivity index (χ0) is 15.6. The number of imide groups is 2. The molecule has 1 heterocycles. The van der Waals surface area contributed by atoms with Gasteiger partial charge < -0.3 is 0 Å². The van der Waals surface area contributed by atoms with Crippen molar-refractivity contribution >= 4 is 29.6 Å². The van der Waals surface area contributed by atoms with Crippen LogP contribution in [0, 0.1) is 5.41 Å². The smallest absolute Gasteiger partial charge is 0.277 e. The zero-order valence-corrected chi connectivity index (χ0v) is 13.8. The van der Waals surface area contributed by atoms with E-state index < -0.39 is 17.4 Å². The van der Waals surface area contributed by atoms with Crippen LogP contribution in [0.3, 0.4) is 0 Å². The first kappa shape index (κ1) is 16.3. The largest absolute Gasteiger partial charge is 0.331 e. The van der Waals surface area contributed by atoms with Gasteiger partial charge in [0.05, 0.1) is 0 Å². The summed E-state index contributed by atoms with van der Waals surface area (Å²) in [5, 5.41) is 2.91. The number of rotatable bonds is 5. The maximum absolute atomic E-state index is 12.8. The van der Waals surface area contributed by atoms with Crippen LogP contribution in [0.5, 0.6) is 0 Å². The first-order chi connectivity index (χ1) is 10.00. The van der Waals surface area contributed by atoms with E-state index in [0.29, 0.717) is 18.1 Å². The fraction of sp³-hybridized carbons (Fsp3) is 0.800. The van der Waals surface area contributed by atoms with E-state index >= 15 is 0 Å². The highest BCUT2D eigenvalue weighted by atomic mass is 32.2. The van der Waals surface area contributed by atoms with Gasteiger partial charge in [-0.15, -0.1) is 0 Å². The second-order valence-corrected chi connectivity index (χ2v) is 7.35. The van der Waals surface area contributed by atoms with E-state index in [1.807, 2.05) is 25.6 Å². The van der Waals surface area contributed by atoms with Crippen LogP contribution in [0.15, 0.2) is 0 Å². The number of nitrogens with one attached hydrogen (secondary N) is 1. The Morgan fingerprint density at radius 2 is 1.86 bits per heavy atom. The molecule has 0 aromatic heterocycles. The predicted molar refractivity (Wildman–Crippen MR) is 83.0 cm³/mol. The highest BCUT2D eigenvalue weighted by Gasteiger charge is 2.53. The lowest BCUT2D eigenvalue weighted by atomic mass is 9.78. The van der Waals surface area contributed by atoms with E-state index in [4.69, 9.17) is 0 Å². The summed E-state index contributed by atoms with van der Waals surface area (Å²) in [5.74, 6) is 0.314. The van der Waals surface area contributed by atoms with Crippen LogP contribution in [0.25, 0.3) is 0 Å². The van der Waals surface area contributed by atoms with Crippen LogP contribution in [-0.2, 0) is 9.59 Å². The standard InChI is InChI=1S/C15H24N2O3S/c1-4-15(5-2)12(18)16-14(20)17(13(15)19)10-7-8-11(9-10)21-6-3/h10-11H,4-9H2,1-3H3,(H,16,18,20). The number of urea groups is 1. The minimum absolute atomic E-state index is 0.0628. The third kappa shape index (κ3) is 2.70. The number of amides is 4. The van der Waals surface area contributed by atoms with Crippen molar-refractivity contribution in [2.24, 2.45) is 5.41 Å². The summed E-state index contributed by atoms with van der Waals surface area (Å²) in [5.41, 5.74) is -1.07. The van der Waals surface area contributed by atoms with Crippen molar-refractivity contribution < 1.29 is 14.4 Å². The van der Waals surface area contributed by atoms with E-state index in [1.54, 1.807) is 0 Å². The summed E-state index contributed by atoms with van der Waals surface area (Å²) in [6, 6.07) is -0.596. The average molecular weight is 312 g/mol. The Bertz CT molecular complexity index is 448. The Morgan fingerprint density at radius 3 is 2.43 bits per heavy atom. The summed E-state index contributed by atoms with van der Waals surface area (Å²) in [7, 11) is 0. The van der Waals surface area contributed by atoms with Crippen LogP contribution < -0.4 is 5.32 Å². The molecule has 118 valence electrons. The predicted octanol–water partition coefficient (Wildman–Crippen LogP) is 2.55. The molecule has 0 radical (unpaired) electrons. The van der Waals surface area contributed by atoms with Crippen LogP contribution in [0.2, 0.25) is 0 Å². The van der Waals surface area contributed by atoms with Gasteiger partial charge in [0, 0.05) is 11.3 Å². The van der Waals surface area contributed by atoms with Crippen molar-refractivity contribution in [2.45, 2.75) is 64.2 Å². The summed E-state index contributed by atoms with van der Waals surface area (Å²) >= 11 is 1.88. The Kier molecular flexibility index (Phi) is 4.96. The van der Waals surface area contributed by atoms with E-state index in [-0.39, 0.29) is 11.9 Å². The molecule has 1 saturated heterocycles. The number of thioether (sulfide) groups is 1. The zero-order valence-electron chi connectivity index (χ0n) is 13.0. The molecule has 1 aliphatic carbocycles. The van der Waals surface area contributed by atoms with Crippen LogP contribution in [0.4, 0.5) is 4.79 Å². The number of nitrogens with zero attached hydrogens (tertiary/aromatic N) is 1. The summed E-state index contributed by atoms with van der Waals surface area (Å²) in [4.78, 5) is 38.5. The summed E-state index contributed by atoms with van der Waals surface area (Å²) in [6.07, 6.45) is 3.57. The molecule has 1 N–H and O–H groups in total. The molecule has 0 aromatic carbocycles. The van der Waals surface area contributed by atoms with Crippen LogP contribution in [-0.4, -0.2) is 39.8 Å². The highest BCUT2D eigenvalue weighted by molar-refractivity contribution is 7.99. The molecule has 2 fully saturated rings. The fourth-order valence-corrected chi connectivity index (χ4v) is 4.57. The molecule has 0 aromatic rings. The molecule has 2 rings (SSSR count). The maximum atomic E-state index is 12.8. The topological polar surface area (TPSA) is 66.5 Å². The van der Waals surface area contributed by atoms with Crippen molar-refractivity contribution in [3.05, 3.63) is 0 Å². The first-order valence-corrected chi connectivity index (χ1v) is 8.85. The molecular formula is C15H24N2O3S. The number of carbonyl (C=O) groups is 3. The van der Waals surface area contributed by atoms with Crippen molar-refractivity contribution in [3.8, 4) is 0 Å². The summed E-state index contributed by atoms with van der Waals surface area (Å²) in [6.45, 7) is 5.79. The molecule has 0 spiro atoms. The van der Waals surface area contributed by atoms with Crippen molar-refractivity contribution in [2.75, 3.05) is 5.75 Å². The fourth-order valence-electron chi connectivity index (χ4n) is 3.44. The van der Waals surface area contributed by atoms with E-state index in [2.05, 4.69) is 12.2 Å². The Morgan fingerprint density at radius 1 is 1.19 bits per heavy atom. The molecule has 21 heavy (non-hydrogen) atoms. The normalized spacial score (nSPS) is 28.9. The number of barbiturate groups is 1. The Labute approximate surface area is 130 Å².